The van der Waals surface area contributed by atoms with Crippen molar-refractivity contribution >= 4 is 45.9 Å². The summed E-state index contributed by atoms with van der Waals surface area (Å²) >= 11 is 12.3. The summed E-state index contributed by atoms with van der Waals surface area (Å²) in [5, 5.41) is 14.4. The number of H-pyrrole nitrogens is 1. The number of aromatic nitrogens is 5. The van der Waals surface area contributed by atoms with E-state index in [0.717, 1.165) is 11.3 Å². The van der Waals surface area contributed by atoms with Crippen LogP contribution in [0.1, 0.15) is 0 Å². The Hall–Kier alpha value is -2.90. The van der Waals surface area contributed by atoms with Gasteiger partial charge in [0.1, 0.15) is 11.3 Å². The van der Waals surface area contributed by atoms with E-state index in [4.69, 9.17) is 23.2 Å². The van der Waals surface area contributed by atoms with Crippen molar-refractivity contribution in [1.29, 1.82) is 0 Å². The van der Waals surface area contributed by atoms with Gasteiger partial charge < -0.3 is 10.6 Å². The van der Waals surface area contributed by atoms with E-state index in [1.807, 2.05) is 24.3 Å². The lowest BCUT2D eigenvalue weighted by Crippen LogP contribution is -2.15. The van der Waals surface area contributed by atoms with E-state index in [0.29, 0.717) is 45.9 Å². The molecule has 0 aliphatic heterocycles. The third-order valence-corrected chi connectivity index (χ3v) is 4.41. The number of nitrogens with zero attached hydrogens (tertiary/aromatic N) is 4. The highest BCUT2D eigenvalue weighted by molar-refractivity contribution is 6.36. The van der Waals surface area contributed by atoms with Crippen LogP contribution in [0, 0.1) is 0 Å². The molecule has 0 aliphatic rings. The molecule has 7 nitrogen and oxygen atoms in total. The Labute approximate surface area is 165 Å². The fourth-order valence-corrected chi connectivity index (χ4v) is 3.11. The second-order valence-electron chi connectivity index (χ2n) is 5.71. The Kier molecular flexibility index (Phi) is 5.04. The van der Waals surface area contributed by atoms with Gasteiger partial charge in [-0.05, 0) is 36.4 Å². The Morgan fingerprint density at radius 2 is 1.85 bits per heavy atom. The highest BCUT2D eigenvalue weighted by atomic mass is 35.5. The first-order valence-electron chi connectivity index (χ1n) is 8.26. The van der Waals surface area contributed by atoms with Gasteiger partial charge in [-0.15, -0.1) is 0 Å². The number of hydrogen-bond acceptors (Lipinski definition) is 6. The molecule has 0 aliphatic carbocycles. The van der Waals surface area contributed by atoms with Crippen LogP contribution in [0.3, 0.4) is 0 Å². The zero-order chi connectivity index (χ0) is 18.6. The van der Waals surface area contributed by atoms with Gasteiger partial charge in [0.25, 0.3) is 0 Å². The smallest absolute Gasteiger partial charge is 0.163 e. The lowest BCUT2D eigenvalue weighted by molar-refractivity contribution is 1.02. The minimum atomic E-state index is 0.498. The number of aromatic amines is 1. The average Bonchev–Trinajstić information content (AvgIpc) is 3.18. The number of pyridine rings is 1. The first-order valence-corrected chi connectivity index (χ1v) is 9.01. The van der Waals surface area contributed by atoms with Crippen molar-refractivity contribution in [3.63, 3.8) is 0 Å². The summed E-state index contributed by atoms with van der Waals surface area (Å²) in [6.07, 6.45) is 3.41. The highest BCUT2D eigenvalue weighted by Crippen LogP contribution is 2.30. The van der Waals surface area contributed by atoms with Crippen molar-refractivity contribution in [2.75, 3.05) is 23.7 Å². The molecular formula is C18H15Cl2N7. The van der Waals surface area contributed by atoms with Crippen molar-refractivity contribution in [3.05, 3.63) is 58.8 Å². The molecule has 0 saturated heterocycles. The summed E-state index contributed by atoms with van der Waals surface area (Å²) in [4.78, 5) is 13.6. The summed E-state index contributed by atoms with van der Waals surface area (Å²) in [5.74, 6) is 2.02. The number of hydrogen-bond donors (Lipinski definition) is 3. The third-order valence-electron chi connectivity index (χ3n) is 3.86. The topological polar surface area (TPSA) is 91.4 Å². The Balaban J connectivity index is 1.62. The van der Waals surface area contributed by atoms with Gasteiger partial charge in [-0.3, -0.25) is 10.1 Å². The predicted molar refractivity (Wildman–Crippen MR) is 108 cm³/mol. The first kappa shape index (κ1) is 17.5. The number of halogens is 2. The first-order chi connectivity index (χ1) is 13.2. The SMILES string of the molecule is Clc1ccc(-c2nc(NCCNc3ccn[nH]3)c3ncccc3n2)c(Cl)c1. The molecule has 0 atom stereocenters. The van der Waals surface area contributed by atoms with Gasteiger partial charge in [-0.2, -0.15) is 5.10 Å². The van der Waals surface area contributed by atoms with Crippen molar-refractivity contribution in [2.24, 2.45) is 0 Å². The summed E-state index contributed by atoms with van der Waals surface area (Å²) in [6.45, 7) is 1.31. The molecule has 3 aromatic heterocycles. The quantitative estimate of drug-likeness (QED) is 0.419. The van der Waals surface area contributed by atoms with Gasteiger partial charge in [0.2, 0.25) is 0 Å². The number of rotatable bonds is 6. The van der Waals surface area contributed by atoms with Gasteiger partial charge in [0, 0.05) is 29.9 Å². The molecule has 1 aromatic carbocycles. The normalized spacial score (nSPS) is 10.9. The zero-order valence-electron chi connectivity index (χ0n) is 14.1. The van der Waals surface area contributed by atoms with Crippen molar-refractivity contribution in [3.8, 4) is 11.4 Å². The van der Waals surface area contributed by atoms with Crippen molar-refractivity contribution < 1.29 is 0 Å². The van der Waals surface area contributed by atoms with Gasteiger partial charge in [0.05, 0.1) is 16.7 Å². The monoisotopic (exact) mass is 399 g/mol. The zero-order valence-corrected chi connectivity index (χ0v) is 15.6. The van der Waals surface area contributed by atoms with Crippen LogP contribution >= 0.6 is 23.2 Å². The molecule has 0 bridgehead atoms. The molecule has 9 heteroatoms. The van der Waals surface area contributed by atoms with Crippen molar-refractivity contribution in [2.45, 2.75) is 0 Å². The van der Waals surface area contributed by atoms with E-state index < -0.39 is 0 Å². The van der Waals surface area contributed by atoms with Gasteiger partial charge in [0.15, 0.2) is 11.6 Å². The fourth-order valence-electron chi connectivity index (χ4n) is 2.61. The maximum absolute atomic E-state index is 6.33. The molecule has 0 spiro atoms. The van der Waals surface area contributed by atoms with Crippen LogP contribution in [-0.4, -0.2) is 38.2 Å². The second kappa shape index (κ2) is 7.77. The van der Waals surface area contributed by atoms with E-state index in [9.17, 15) is 0 Å². The molecule has 3 N–H and O–H groups in total. The Bertz CT molecular complexity index is 1070. The van der Waals surface area contributed by atoms with E-state index in [2.05, 4.69) is 35.8 Å². The predicted octanol–water partition coefficient (Wildman–Crippen LogP) is 4.25. The molecule has 4 aromatic rings. The summed E-state index contributed by atoms with van der Waals surface area (Å²) < 4.78 is 0. The second-order valence-corrected chi connectivity index (χ2v) is 6.56. The minimum absolute atomic E-state index is 0.498. The van der Waals surface area contributed by atoms with E-state index in [-0.39, 0.29) is 0 Å². The summed E-state index contributed by atoms with van der Waals surface area (Å²) in [6, 6.07) is 10.9. The molecule has 0 radical (unpaired) electrons. The maximum Gasteiger partial charge on any atom is 0.163 e. The summed E-state index contributed by atoms with van der Waals surface area (Å²) in [5.41, 5.74) is 2.15. The molecule has 0 unspecified atom stereocenters. The minimum Gasteiger partial charge on any atom is -0.369 e. The van der Waals surface area contributed by atoms with Crippen LogP contribution in [0.5, 0.6) is 0 Å². The van der Waals surface area contributed by atoms with Gasteiger partial charge in [-0.1, -0.05) is 23.2 Å². The van der Waals surface area contributed by atoms with Crippen LogP contribution < -0.4 is 10.6 Å². The van der Waals surface area contributed by atoms with Gasteiger partial charge in [-0.25, -0.2) is 9.97 Å². The van der Waals surface area contributed by atoms with E-state index in [1.54, 1.807) is 24.5 Å². The third kappa shape index (κ3) is 3.94. The van der Waals surface area contributed by atoms with Crippen LogP contribution in [0.15, 0.2) is 48.8 Å². The van der Waals surface area contributed by atoms with Crippen LogP contribution in [-0.2, 0) is 0 Å². The maximum atomic E-state index is 6.33. The Morgan fingerprint density at radius 3 is 2.67 bits per heavy atom. The molecule has 0 amide bonds. The van der Waals surface area contributed by atoms with Crippen LogP contribution in [0.2, 0.25) is 10.0 Å². The fraction of sp³-hybridized carbons (Fsp3) is 0.111. The molecular weight excluding hydrogens is 385 g/mol. The molecule has 0 saturated carbocycles. The highest BCUT2D eigenvalue weighted by Gasteiger charge is 2.13. The Morgan fingerprint density at radius 1 is 0.963 bits per heavy atom. The lowest BCUT2D eigenvalue weighted by Gasteiger charge is -2.11. The number of nitrogens with one attached hydrogen (secondary N) is 3. The molecule has 4 rings (SSSR count). The van der Waals surface area contributed by atoms with Crippen LogP contribution in [0.25, 0.3) is 22.4 Å². The molecule has 136 valence electrons. The molecule has 0 fully saturated rings. The lowest BCUT2D eigenvalue weighted by atomic mass is 10.2. The summed E-state index contributed by atoms with van der Waals surface area (Å²) in [7, 11) is 0. The average molecular weight is 400 g/mol. The molecule has 3 heterocycles. The number of fused-ring (bicyclic) bond motifs is 1. The number of anilines is 2. The van der Waals surface area contributed by atoms with E-state index >= 15 is 0 Å². The van der Waals surface area contributed by atoms with Gasteiger partial charge >= 0.3 is 0 Å². The molecule has 27 heavy (non-hydrogen) atoms. The van der Waals surface area contributed by atoms with Crippen molar-refractivity contribution in [1.82, 2.24) is 25.1 Å². The standard InChI is InChI=1S/C18H15Cl2N7/c19-11-3-4-12(13(20)10-11)17-25-14-2-1-6-22-16(14)18(26-17)23-9-8-21-15-5-7-24-27-15/h1-7,10H,8-9H2,(H2,21,24,27)(H,23,25,26). The largest absolute Gasteiger partial charge is 0.369 e. The number of benzene rings is 1. The van der Waals surface area contributed by atoms with Crippen LogP contribution in [0.4, 0.5) is 11.6 Å². The van der Waals surface area contributed by atoms with E-state index in [1.165, 1.54) is 0 Å².